The van der Waals surface area contributed by atoms with Crippen molar-refractivity contribution in [3.05, 3.63) is 57.0 Å². The summed E-state index contributed by atoms with van der Waals surface area (Å²) in [6.07, 6.45) is 7.85. The van der Waals surface area contributed by atoms with E-state index < -0.39 is 0 Å². The zero-order valence-corrected chi connectivity index (χ0v) is 17.9. The molecule has 0 atom stereocenters. The Bertz CT molecular complexity index is 1140. The minimum Gasteiger partial charge on any atom is -0.497 e. The molecule has 2 aliphatic rings. The van der Waals surface area contributed by atoms with Crippen LogP contribution >= 0.6 is 11.3 Å². The standard InChI is InChI=1S/C23H25N3O3S/c1-29-17-10-6-15(7-11-17)12-26(16-8-9-16)20(27)13-25-14-24-22-21(23(25)28)18-4-2-3-5-19(18)30-22/h6-7,10-11,14,16H,2-5,8-9,12-13H2,1H3. The van der Waals surface area contributed by atoms with E-state index in [1.165, 1.54) is 15.9 Å². The topological polar surface area (TPSA) is 64.4 Å². The van der Waals surface area contributed by atoms with Gasteiger partial charge in [0.15, 0.2) is 0 Å². The molecule has 2 aliphatic carbocycles. The number of carbonyl (C=O) groups excluding carboxylic acids is 1. The van der Waals surface area contributed by atoms with Crippen molar-refractivity contribution in [3.63, 3.8) is 0 Å². The van der Waals surface area contributed by atoms with Crippen molar-refractivity contribution < 1.29 is 9.53 Å². The third-order valence-electron chi connectivity index (χ3n) is 6.07. The van der Waals surface area contributed by atoms with Crippen LogP contribution in [0.2, 0.25) is 0 Å². The minimum atomic E-state index is -0.0760. The van der Waals surface area contributed by atoms with E-state index in [-0.39, 0.29) is 24.1 Å². The van der Waals surface area contributed by atoms with Gasteiger partial charge >= 0.3 is 0 Å². The number of aromatic nitrogens is 2. The lowest BCUT2D eigenvalue weighted by atomic mass is 9.97. The molecular weight excluding hydrogens is 398 g/mol. The number of aryl methyl sites for hydroxylation is 2. The van der Waals surface area contributed by atoms with E-state index in [4.69, 9.17) is 4.74 Å². The number of carbonyl (C=O) groups is 1. The quantitative estimate of drug-likeness (QED) is 0.608. The van der Waals surface area contributed by atoms with Gasteiger partial charge in [-0.2, -0.15) is 0 Å². The molecule has 2 aromatic heterocycles. The van der Waals surface area contributed by atoms with E-state index in [0.29, 0.717) is 6.54 Å². The molecule has 1 amide bonds. The number of thiophene rings is 1. The lowest BCUT2D eigenvalue weighted by Crippen LogP contribution is -2.37. The molecule has 0 aliphatic heterocycles. The first-order valence-corrected chi connectivity index (χ1v) is 11.4. The summed E-state index contributed by atoms with van der Waals surface area (Å²) in [5, 5.41) is 0.734. The fraction of sp³-hybridized carbons (Fsp3) is 0.435. The highest BCUT2D eigenvalue weighted by molar-refractivity contribution is 7.18. The Kier molecular flexibility index (Phi) is 5.06. The number of hydrogen-bond donors (Lipinski definition) is 0. The Hall–Kier alpha value is -2.67. The summed E-state index contributed by atoms with van der Waals surface area (Å²) >= 11 is 1.64. The molecular formula is C23H25N3O3S. The van der Waals surface area contributed by atoms with Crippen LogP contribution in [0.15, 0.2) is 35.4 Å². The maximum absolute atomic E-state index is 13.2. The number of rotatable bonds is 6. The second kappa shape index (κ2) is 7.87. The zero-order valence-electron chi connectivity index (χ0n) is 17.1. The van der Waals surface area contributed by atoms with Gasteiger partial charge in [-0.1, -0.05) is 12.1 Å². The molecule has 7 heteroatoms. The van der Waals surface area contributed by atoms with E-state index in [2.05, 4.69) is 4.98 Å². The molecule has 0 radical (unpaired) electrons. The smallest absolute Gasteiger partial charge is 0.262 e. The van der Waals surface area contributed by atoms with Gasteiger partial charge < -0.3 is 9.64 Å². The number of ether oxygens (including phenoxy) is 1. The van der Waals surface area contributed by atoms with E-state index >= 15 is 0 Å². The minimum absolute atomic E-state index is 0.0272. The number of amides is 1. The number of methoxy groups -OCH3 is 1. The highest BCUT2D eigenvalue weighted by atomic mass is 32.1. The molecule has 1 aromatic carbocycles. The molecule has 0 saturated heterocycles. The van der Waals surface area contributed by atoms with Gasteiger partial charge in [0.2, 0.25) is 5.91 Å². The summed E-state index contributed by atoms with van der Waals surface area (Å²) in [5.74, 6) is 0.772. The van der Waals surface area contributed by atoms with Gasteiger partial charge in [-0.3, -0.25) is 14.2 Å². The fourth-order valence-electron chi connectivity index (χ4n) is 4.27. The second-order valence-corrected chi connectivity index (χ2v) is 9.25. The predicted molar refractivity (Wildman–Crippen MR) is 117 cm³/mol. The molecule has 5 rings (SSSR count). The van der Waals surface area contributed by atoms with Crippen LogP contribution in [-0.2, 0) is 30.7 Å². The van der Waals surface area contributed by atoms with Gasteiger partial charge in [-0.25, -0.2) is 4.98 Å². The molecule has 2 heterocycles. The van der Waals surface area contributed by atoms with Crippen LogP contribution in [0, 0.1) is 0 Å². The summed E-state index contributed by atoms with van der Waals surface area (Å²) in [4.78, 5) is 34.9. The van der Waals surface area contributed by atoms with E-state index in [0.717, 1.165) is 59.2 Å². The zero-order chi connectivity index (χ0) is 20.7. The van der Waals surface area contributed by atoms with E-state index in [9.17, 15) is 9.59 Å². The average molecular weight is 424 g/mol. The Morgan fingerprint density at radius 3 is 2.73 bits per heavy atom. The van der Waals surface area contributed by atoms with Gasteiger partial charge in [-0.15, -0.1) is 11.3 Å². The predicted octanol–water partition coefficient (Wildman–Crippen LogP) is 3.54. The first kappa shape index (κ1) is 19.3. The van der Waals surface area contributed by atoms with E-state index in [1.54, 1.807) is 24.8 Å². The number of nitrogens with zero attached hydrogens (tertiary/aromatic N) is 3. The summed E-state index contributed by atoms with van der Waals surface area (Å²) < 4.78 is 6.71. The van der Waals surface area contributed by atoms with Crippen LogP contribution < -0.4 is 10.3 Å². The van der Waals surface area contributed by atoms with Crippen molar-refractivity contribution in [2.75, 3.05) is 7.11 Å². The summed E-state index contributed by atoms with van der Waals surface area (Å²) in [7, 11) is 1.64. The van der Waals surface area contributed by atoms with Crippen molar-refractivity contribution in [2.45, 2.75) is 57.7 Å². The van der Waals surface area contributed by atoms with Gasteiger partial charge in [0.05, 0.1) is 18.8 Å². The largest absolute Gasteiger partial charge is 0.497 e. The number of benzene rings is 1. The van der Waals surface area contributed by atoms with Crippen molar-refractivity contribution >= 4 is 27.5 Å². The van der Waals surface area contributed by atoms with Crippen molar-refractivity contribution in [3.8, 4) is 5.75 Å². The Balaban J connectivity index is 1.39. The fourth-order valence-corrected chi connectivity index (χ4v) is 5.48. The Morgan fingerprint density at radius 2 is 2.00 bits per heavy atom. The lowest BCUT2D eigenvalue weighted by Gasteiger charge is -2.23. The molecule has 156 valence electrons. The van der Waals surface area contributed by atoms with Crippen molar-refractivity contribution in [2.24, 2.45) is 0 Å². The number of hydrogen-bond acceptors (Lipinski definition) is 5. The highest BCUT2D eigenvalue weighted by Gasteiger charge is 2.33. The Labute approximate surface area is 179 Å². The monoisotopic (exact) mass is 423 g/mol. The average Bonchev–Trinajstić information content (AvgIpc) is 3.53. The molecule has 0 unspecified atom stereocenters. The third-order valence-corrected chi connectivity index (χ3v) is 7.27. The molecule has 0 spiro atoms. The molecule has 0 N–H and O–H groups in total. The van der Waals surface area contributed by atoms with Crippen LogP contribution in [0.4, 0.5) is 0 Å². The van der Waals surface area contributed by atoms with Gasteiger partial charge in [0, 0.05) is 17.5 Å². The maximum Gasteiger partial charge on any atom is 0.262 e. The molecule has 3 aromatic rings. The molecule has 30 heavy (non-hydrogen) atoms. The van der Waals surface area contributed by atoms with Crippen LogP contribution in [0.3, 0.4) is 0 Å². The SMILES string of the molecule is COc1ccc(CN(C(=O)Cn2cnc3sc4c(c3c2=O)CCCC4)C2CC2)cc1. The first-order chi connectivity index (χ1) is 14.6. The molecule has 1 saturated carbocycles. The van der Waals surface area contributed by atoms with E-state index in [1.807, 2.05) is 29.2 Å². The van der Waals surface area contributed by atoms with Crippen LogP contribution in [0.25, 0.3) is 10.2 Å². The molecule has 6 nitrogen and oxygen atoms in total. The highest BCUT2D eigenvalue weighted by Crippen LogP contribution is 2.33. The van der Waals surface area contributed by atoms with Gasteiger partial charge in [-0.05, 0) is 61.8 Å². The normalized spacial score (nSPS) is 15.8. The first-order valence-electron chi connectivity index (χ1n) is 10.6. The van der Waals surface area contributed by atoms with Crippen LogP contribution in [-0.4, -0.2) is 33.5 Å². The van der Waals surface area contributed by atoms with Gasteiger partial charge in [0.1, 0.15) is 17.1 Å². The summed E-state index contributed by atoms with van der Waals surface area (Å²) in [6.45, 7) is 0.588. The van der Waals surface area contributed by atoms with Crippen molar-refractivity contribution in [1.82, 2.24) is 14.5 Å². The summed E-state index contributed by atoms with van der Waals surface area (Å²) in [5.41, 5.74) is 2.15. The third kappa shape index (κ3) is 3.62. The number of fused-ring (bicyclic) bond motifs is 3. The maximum atomic E-state index is 13.2. The molecule has 1 fully saturated rings. The molecule has 0 bridgehead atoms. The van der Waals surface area contributed by atoms with Crippen molar-refractivity contribution in [1.29, 1.82) is 0 Å². The Morgan fingerprint density at radius 1 is 1.23 bits per heavy atom. The summed E-state index contributed by atoms with van der Waals surface area (Å²) in [6, 6.07) is 8.05. The van der Waals surface area contributed by atoms with Crippen LogP contribution in [0.5, 0.6) is 5.75 Å². The van der Waals surface area contributed by atoms with Crippen LogP contribution in [0.1, 0.15) is 41.7 Å². The lowest BCUT2D eigenvalue weighted by molar-refractivity contribution is -0.133. The second-order valence-electron chi connectivity index (χ2n) is 8.17. The van der Waals surface area contributed by atoms with Gasteiger partial charge in [0.25, 0.3) is 5.56 Å².